The molecule has 1 aromatic carbocycles. The van der Waals surface area contributed by atoms with Crippen LogP contribution in [0, 0.1) is 6.92 Å². The van der Waals surface area contributed by atoms with Gasteiger partial charge in [-0.05, 0) is 20.3 Å². The predicted octanol–water partition coefficient (Wildman–Crippen LogP) is 2.99. The minimum Gasteiger partial charge on any atom is -0.370 e. The van der Waals surface area contributed by atoms with Gasteiger partial charge >= 0.3 is 0 Å². The number of Topliss-reactive ketones (excluding diaryl/α,β-unsaturated/α-hetero) is 1. The summed E-state index contributed by atoms with van der Waals surface area (Å²) in [5.41, 5.74) is 1.89. The van der Waals surface area contributed by atoms with Gasteiger partial charge in [0, 0.05) is 5.56 Å². The van der Waals surface area contributed by atoms with Crippen molar-refractivity contribution in [3.05, 3.63) is 35.4 Å². The van der Waals surface area contributed by atoms with Gasteiger partial charge in [-0.3, -0.25) is 4.79 Å². The third-order valence-electron chi connectivity index (χ3n) is 2.45. The largest absolute Gasteiger partial charge is 0.370 e. The molecule has 0 aliphatic carbocycles. The van der Waals surface area contributed by atoms with Gasteiger partial charge in [0.05, 0.1) is 6.10 Å². The zero-order valence-electron chi connectivity index (χ0n) is 9.62. The van der Waals surface area contributed by atoms with Crippen LogP contribution in [0.5, 0.6) is 0 Å². The highest BCUT2D eigenvalue weighted by Crippen LogP contribution is 2.05. The quantitative estimate of drug-likeness (QED) is 0.692. The number of aryl methyl sites for hydroxylation is 1. The summed E-state index contributed by atoms with van der Waals surface area (Å²) in [6.45, 7) is 6.20. The maximum absolute atomic E-state index is 11.7. The molecule has 1 unspecified atom stereocenters. The third kappa shape index (κ3) is 3.84. The number of ether oxygens (including phenoxy) is 1. The average molecular weight is 206 g/mol. The molecule has 0 bridgehead atoms. The molecule has 0 aliphatic rings. The summed E-state index contributed by atoms with van der Waals surface area (Å²) >= 11 is 0. The second-order valence-corrected chi connectivity index (χ2v) is 3.82. The number of hydrogen-bond acceptors (Lipinski definition) is 2. The van der Waals surface area contributed by atoms with Crippen molar-refractivity contribution in [3.63, 3.8) is 0 Å². The molecule has 15 heavy (non-hydrogen) atoms. The lowest BCUT2D eigenvalue weighted by atomic mass is 10.1. The number of ketones is 1. The van der Waals surface area contributed by atoms with Gasteiger partial charge in [-0.1, -0.05) is 36.8 Å². The molecule has 2 heteroatoms. The van der Waals surface area contributed by atoms with E-state index in [1.165, 1.54) is 0 Å². The molecule has 0 radical (unpaired) electrons. The number of carbonyl (C=O) groups excluding carboxylic acids is 1. The molecule has 0 heterocycles. The van der Waals surface area contributed by atoms with Gasteiger partial charge in [0.15, 0.2) is 5.78 Å². The molecular formula is C13H18O2. The predicted molar refractivity (Wildman–Crippen MR) is 61.2 cm³/mol. The number of carbonyl (C=O) groups is 1. The Labute approximate surface area is 91.3 Å². The Morgan fingerprint density at radius 2 is 1.93 bits per heavy atom. The smallest absolute Gasteiger partial charge is 0.188 e. The molecule has 0 fully saturated rings. The standard InChI is InChI=1S/C13H18O2/c1-4-11(3)15-9-13(14)12-7-5-10(2)6-8-12/h5-8,11H,4,9H2,1-3H3. The average Bonchev–Trinajstić information content (AvgIpc) is 2.26. The molecule has 0 aliphatic heterocycles. The van der Waals surface area contributed by atoms with Crippen LogP contribution in [0.15, 0.2) is 24.3 Å². The normalized spacial score (nSPS) is 12.5. The summed E-state index contributed by atoms with van der Waals surface area (Å²) in [5, 5.41) is 0. The molecule has 0 saturated carbocycles. The second-order valence-electron chi connectivity index (χ2n) is 3.82. The topological polar surface area (TPSA) is 26.3 Å². The van der Waals surface area contributed by atoms with Gasteiger partial charge in [-0.2, -0.15) is 0 Å². The third-order valence-corrected chi connectivity index (χ3v) is 2.45. The molecule has 0 saturated heterocycles. The molecular weight excluding hydrogens is 188 g/mol. The van der Waals surface area contributed by atoms with Gasteiger partial charge in [0.1, 0.15) is 6.61 Å². The van der Waals surface area contributed by atoms with E-state index in [0.29, 0.717) is 0 Å². The fraction of sp³-hybridized carbons (Fsp3) is 0.462. The van der Waals surface area contributed by atoms with Crippen molar-refractivity contribution < 1.29 is 9.53 Å². The Bertz CT molecular complexity index is 314. The number of hydrogen-bond donors (Lipinski definition) is 0. The highest BCUT2D eigenvalue weighted by Gasteiger charge is 2.07. The van der Waals surface area contributed by atoms with Gasteiger partial charge in [0.25, 0.3) is 0 Å². The summed E-state index contributed by atoms with van der Waals surface area (Å²) < 4.78 is 5.39. The van der Waals surface area contributed by atoms with Crippen molar-refractivity contribution >= 4 is 5.78 Å². The highest BCUT2D eigenvalue weighted by molar-refractivity contribution is 5.97. The summed E-state index contributed by atoms with van der Waals surface area (Å²) in [5.74, 6) is 0.0512. The van der Waals surface area contributed by atoms with Crippen molar-refractivity contribution in [2.45, 2.75) is 33.3 Å². The van der Waals surface area contributed by atoms with E-state index in [-0.39, 0.29) is 18.5 Å². The lowest BCUT2D eigenvalue weighted by Crippen LogP contribution is -2.15. The molecule has 2 nitrogen and oxygen atoms in total. The van der Waals surface area contributed by atoms with Crippen LogP contribution in [0.4, 0.5) is 0 Å². The van der Waals surface area contributed by atoms with E-state index in [9.17, 15) is 4.79 Å². The van der Waals surface area contributed by atoms with E-state index in [1.54, 1.807) is 0 Å². The van der Waals surface area contributed by atoms with Crippen molar-refractivity contribution in [3.8, 4) is 0 Å². The van der Waals surface area contributed by atoms with Crippen LogP contribution < -0.4 is 0 Å². The van der Waals surface area contributed by atoms with Crippen molar-refractivity contribution in [2.75, 3.05) is 6.61 Å². The Hall–Kier alpha value is -1.15. The minimum atomic E-state index is 0.0512. The summed E-state index contributed by atoms with van der Waals surface area (Å²) in [7, 11) is 0. The Morgan fingerprint density at radius 3 is 2.47 bits per heavy atom. The Balaban J connectivity index is 2.50. The van der Waals surface area contributed by atoms with Crippen molar-refractivity contribution in [1.82, 2.24) is 0 Å². The van der Waals surface area contributed by atoms with Crippen LogP contribution in [0.1, 0.15) is 36.2 Å². The summed E-state index contributed by atoms with van der Waals surface area (Å²) in [4.78, 5) is 11.7. The Kier molecular flexibility index (Phi) is 4.50. The van der Waals surface area contributed by atoms with Crippen LogP contribution in [0.2, 0.25) is 0 Å². The molecule has 0 N–H and O–H groups in total. The molecule has 1 rings (SSSR count). The van der Waals surface area contributed by atoms with Crippen LogP contribution in [0.25, 0.3) is 0 Å². The molecule has 82 valence electrons. The first kappa shape index (κ1) is 11.9. The summed E-state index contributed by atoms with van der Waals surface area (Å²) in [6.07, 6.45) is 1.08. The number of rotatable bonds is 5. The monoisotopic (exact) mass is 206 g/mol. The lowest BCUT2D eigenvalue weighted by molar-refractivity contribution is 0.0511. The van der Waals surface area contributed by atoms with E-state index >= 15 is 0 Å². The van der Waals surface area contributed by atoms with E-state index in [1.807, 2.05) is 45.0 Å². The number of benzene rings is 1. The fourth-order valence-corrected chi connectivity index (χ4v) is 1.16. The van der Waals surface area contributed by atoms with Crippen LogP contribution in [0.3, 0.4) is 0 Å². The van der Waals surface area contributed by atoms with E-state index in [2.05, 4.69) is 0 Å². The second kappa shape index (κ2) is 5.66. The van der Waals surface area contributed by atoms with Crippen molar-refractivity contribution in [1.29, 1.82) is 0 Å². The molecule has 0 amide bonds. The Morgan fingerprint density at radius 1 is 1.33 bits per heavy atom. The first-order chi connectivity index (χ1) is 7.13. The van der Waals surface area contributed by atoms with Gasteiger partial charge < -0.3 is 4.74 Å². The van der Waals surface area contributed by atoms with Gasteiger partial charge in [-0.25, -0.2) is 0 Å². The lowest BCUT2D eigenvalue weighted by Gasteiger charge is -2.09. The van der Waals surface area contributed by atoms with Gasteiger partial charge in [-0.15, -0.1) is 0 Å². The fourth-order valence-electron chi connectivity index (χ4n) is 1.16. The molecule has 1 atom stereocenters. The molecule has 1 aromatic rings. The van der Waals surface area contributed by atoms with Gasteiger partial charge in [0.2, 0.25) is 0 Å². The minimum absolute atomic E-state index is 0.0512. The van der Waals surface area contributed by atoms with Crippen LogP contribution in [-0.2, 0) is 4.74 Å². The maximum atomic E-state index is 11.7. The SMILES string of the molecule is CCC(C)OCC(=O)c1ccc(C)cc1. The van der Waals surface area contributed by atoms with E-state index < -0.39 is 0 Å². The van der Waals surface area contributed by atoms with E-state index in [4.69, 9.17) is 4.74 Å². The van der Waals surface area contributed by atoms with Crippen LogP contribution >= 0.6 is 0 Å². The maximum Gasteiger partial charge on any atom is 0.188 e. The zero-order valence-corrected chi connectivity index (χ0v) is 9.62. The first-order valence-corrected chi connectivity index (χ1v) is 5.35. The zero-order chi connectivity index (χ0) is 11.3. The van der Waals surface area contributed by atoms with Crippen molar-refractivity contribution in [2.24, 2.45) is 0 Å². The summed E-state index contributed by atoms with van der Waals surface area (Å²) in [6, 6.07) is 7.57. The molecule has 0 spiro atoms. The van der Waals surface area contributed by atoms with E-state index in [0.717, 1.165) is 17.5 Å². The highest BCUT2D eigenvalue weighted by atomic mass is 16.5. The molecule has 0 aromatic heterocycles. The first-order valence-electron chi connectivity index (χ1n) is 5.35. The van der Waals surface area contributed by atoms with Crippen LogP contribution in [-0.4, -0.2) is 18.5 Å².